The highest BCUT2D eigenvalue weighted by Crippen LogP contribution is 2.32. The van der Waals surface area contributed by atoms with Crippen molar-refractivity contribution in [2.45, 2.75) is 275 Å². The van der Waals surface area contributed by atoms with Crippen LogP contribution in [0.3, 0.4) is 0 Å². The number of benzene rings is 6. The van der Waals surface area contributed by atoms with E-state index in [9.17, 15) is 28.8 Å². The highest BCUT2D eigenvalue weighted by Gasteiger charge is 2.37. The molecule has 3 atom stereocenters. The van der Waals surface area contributed by atoms with Gasteiger partial charge in [-0.2, -0.15) is 0 Å². The van der Waals surface area contributed by atoms with Gasteiger partial charge in [-0.25, -0.2) is 19.2 Å². The lowest BCUT2D eigenvalue weighted by Gasteiger charge is -2.20. The number of oxazole rings is 1. The molecule has 2 aromatic heterocycles. The summed E-state index contributed by atoms with van der Waals surface area (Å²) < 4.78 is 15.5. The zero-order valence-electron chi connectivity index (χ0n) is 77.6. The highest BCUT2D eigenvalue weighted by molar-refractivity contribution is 5.94. The summed E-state index contributed by atoms with van der Waals surface area (Å²) in [5.74, 6) is 6.20. The molecule has 3 unspecified atom stereocenters. The minimum Gasteiger partial charge on any atom is -0.439 e. The maximum atomic E-state index is 12.0. The monoisotopic (exact) mass is 1600 g/mol. The fraction of sp³-hybridized carbons (Fsp3) is 0.520. The second kappa shape index (κ2) is 55.2. The first-order valence-electron chi connectivity index (χ1n) is 42.5. The Balaban J connectivity index is 0.000000658. The average molecular weight is 1600 g/mol. The molecule has 0 bridgehead atoms. The van der Waals surface area contributed by atoms with Gasteiger partial charge in [-0.3, -0.25) is 23.3 Å². The topological polar surface area (TPSA) is 156 Å². The molecule has 0 N–H and O–H groups in total. The zero-order chi connectivity index (χ0) is 88.2. The summed E-state index contributed by atoms with van der Waals surface area (Å²) in [4.78, 5) is 79.5. The number of ether oxygens (including phenoxy) is 1. The van der Waals surface area contributed by atoms with E-state index in [1.165, 1.54) is 11.1 Å². The summed E-state index contributed by atoms with van der Waals surface area (Å²) in [6.45, 7) is 65.5. The molecule has 5 amide bonds. The van der Waals surface area contributed by atoms with E-state index in [2.05, 4.69) is 177 Å². The van der Waals surface area contributed by atoms with E-state index in [1.54, 1.807) is 24.8 Å². The Labute approximate surface area is 702 Å². The lowest BCUT2D eigenvalue weighted by Crippen LogP contribution is -2.34. The predicted octanol–water partition coefficient (Wildman–Crippen LogP) is 25.3. The Bertz CT molecular complexity index is 3960. The van der Waals surface area contributed by atoms with Gasteiger partial charge in [-0.05, 0) is 152 Å². The van der Waals surface area contributed by atoms with Crippen molar-refractivity contribution >= 4 is 29.5 Å². The lowest BCUT2D eigenvalue weighted by atomic mass is 9.98. The van der Waals surface area contributed by atoms with Crippen LogP contribution in [0.2, 0.25) is 0 Å². The Morgan fingerprint density at radius 1 is 0.353 bits per heavy atom. The van der Waals surface area contributed by atoms with Crippen LogP contribution in [0.1, 0.15) is 273 Å². The van der Waals surface area contributed by atoms with Gasteiger partial charge in [-0.1, -0.05) is 307 Å². The van der Waals surface area contributed by atoms with Gasteiger partial charge in [0.15, 0.2) is 5.76 Å². The minimum absolute atomic E-state index is 0.0360. The number of urea groups is 1. The molecule has 6 aromatic carbocycles. The number of aromatic nitrogens is 3. The molecule has 3 fully saturated rings. The van der Waals surface area contributed by atoms with E-state index in [-0.39, 0.29) is 71.8 Å². The van der Waals surface area contributed by atoms with E-state index in [4.69, 9.17) is 9.15 Å². The van der Waals surface area contributed by atoms with Crippen LogP contribution >= 0.6 is 0 Å². The van der Waals surface area contributed by atoms with E-state index in [0.717, 1.165) is 82.1 Å². The molecule has 12 rings (SSSR count). The minimum atomic E-state index is -0.302. The van der Waals surface area contributed by atoms with E-state index < -0.39 is 0 Å². The number of likely N-dealkylation sites (tertiary alicyclic amines) is 1. The van der Waals surface area contributed by atoms with E-state index in [1.807, 2.05) is 259 Å². The molecule has 3 saturated heterocycles. The van der Waals surface area contributed by atoms with Gasteiger partial charge in [0.05, 0.1) is 30.9 Å². The van der Waals surface area contributed by atoms with Crippen molar-refractivity contribution in [3.8, 4) is 22.6 Å². The number of nitrogens with zero attached hydrogens (tertiary/aromatic N) is 8. The SMILES string of the molecule is CC(C)C.CC(C)C.CC(C)C.CC(C)C.CC(C)C.CC(C)C.CC(C)N1C=C(c2ccccc2)CC1=O.CC(C)N1CC(c2ccccc2)CC1=O.CC(C)N1CC(c2ccccc2)N(C)C1=O.CC(C)N1CC(c2ccccc2)OC1=O.CC(C)n1cc(-c2ccccc2)n(C)c1=O.CC(C)n1cc(-c2ccccc2)oc1=O. The predicted molar refractivity (Wildman–Crippen MR) is 491 cm³/mol. The van der Waals surface area contributed by atoms with Gasteiger partial charge in [-0.15, -0.1) is 0 Å². The molecule has 8 aromatic rings. The normalized spacial score (nSPS) is 15.2. The summed E-state index contributed by atoms with van der Waals surface area (Å²) in [6, 6.07) is 61.7. The van der Waals surface area contributed by atoms with E-state index >= 15 is 0 Å². The largest absolute Gasteiger partial charge is 0.439 e. The standard InChI is InChI=1S/C13H18N2O.C13H16N2O.C13H17NO.C13H15NO.C12H15NO2.C12H13NO2.6C4H10/c2*1-10(2)15-9-12(14(3)13(15)16)11-7-5-4-6-8-11;2*1-10(2)14-9-12(8-13(14)15)11-6-4-3-5-7-11;2*1-9(2)13-8-11(15-12(13)14)10-6-4-3-5-7-10;6*1-4(2)3/h4-8,10,12H,9H2,1-3H3;4-10H,1-3H3;3-7,10,12H,8-9H2,1-2H3;3-7,9-10H,8H2,1-2H3;3-7,9,11H,8H2,1-2H3;3-9H,1-2H3;6*4H,1-3H3. The van der Waals surface area contributed by atoms with Crippen LogP contribution in [0.15, 0.2) is 215 Å². The van der Waals surface area contributed by atoms with Gasteiger partial charge >= 0.3 is 23.6 Å². The number of rotatable bonds is 12. The smallest absolute Gasteiger partial charge is 0.419 e. The first-order chi connectivity index (χ1) is 54.3. The molecule has 0 radical (unpaired) electrons. The van der Waals surface area contributed by atoms with Crippen LogP contribution in [0.25, 0.3) is 28.2 Å². The van der Waals surface area contributed by atoms with Gasteiger partial charge in [0.25, 0.3) is 0 Å². The summed E-state index contributed by atoms with van der Waals surface area (Å²) in [7, 11) is 3.69. The molecular weight excluding hydrogens is 1440 g/mol. The molecule has 0 aliphatic carbocycles. The van der Waals surface area contributed by atoms with Crippen LogP contribution in [0, 0.1) is 35.5 Å². The molecule has 116 heavy (non-hydrogen) atoms. The van der Waals surface area contributed by atoms with Crippen molar-refractivity contribution in [2.75, 3.05) is 26.7 Å². The van der Waals surface area contributed by atoms with Crippen LogP contribution < -0.4 is 11.4 Å². The third kappa shape index (κ3) is 40.4. The van der Waals surface area contributed by atoms with Gasteiger partial charge in [0.1, 0.15) is 6.10 Å². The molecule has 16 heteroatoms. The number of carbonyl (C=O) groups is 4. The second-order valence-electron chi connectivity index (χ2n) is 35.5. The first-order valence-corrected chi connectivity index (χ1v) is 42.5. The fourth-order valence-electron chi connectivity index (χ4n) is 11.1. The third-order valence-electron chi connectivity index (χ3n) is 16.5. The number of likely N-dealkylation sites (N-methyl/N-ethyl adjacent to an activating group) is 1. The van der Waals surface area contributed by atoms with Crippen molar-refractivity contribution in [3.05, 3.63) is 244 Å². The van der Waals surface area contributed by atoms with Crippen molar-refractivity contribution in [1.29, 1.82) is 0 Å². The van der Waals surface area contributed by atoms with Crippen LogP contribution in [-0.2, 0) is 21.4 Å². The third-order valence-corrected chi connectivity index (χ3v) is 16.5. The summed E-state index contributed by atoms with van der Waals surface area (Å²) in [6.07, 6.45) is 6.53. The van der Waals surface area contributed by atoms with Crippen LogP contribution in [-0.4, -0.2) is 113 Å². The zero-order valence-corrected chi connectivity index (χ0v) is 77.6. The number of imidazole rings is 1. The van der Waals surface area contributed by atoms with Gasteiger partial charge in [0, 0.05) is 93.7 Å². The Morgan fingerprint density at radius 3 is 1.06 bits per heavy atom. The number of hydrogen-bond acceptors (Lipinski definition) is 8. The summed E-state index contributed by atoms with van der Waals surface area (Å²) in [5, 5.41) is 0. The molecule has 642 valence electrons. The average Bonchev–Trinajstić information content (AvgIpc) is 1.67. The molecule has 0 spiro atoms. The number of amides is 5. The molecule has 6 heterocycles. The number of carbonyl (C=O) groups excluding carboxylic acids is 4. The van der Waals surface area contributed by atoms with E-state index in [0.29, 0.717) is 43.0 Å². The van der Waals surface area contributed by atoms with Crippen LogP contribution in [0.5, 0.6) is 0 Å². The maximum absolute atomic E-state index is 12.0. The lowest BCUT2D eigenvalue weighted by molar-refractivity contribution is -0.129. The van der Waals surface area contributed by atoms with Crippen molar-refractivity contribution in [2.24, 2.45) is 42.6 Å². The fourth-order valence-corrected chi connectivity index (χ4v) is 11.1. The van der Waals surface area contributed by atoms with Crippen LogP contribution in [0.4, 0.5) is 9.59 Å². The second-order valence-corrected chi connectivity index (χ2v) is 35.5. The van der Waals surface area contributed by atoms with Gasteiger partial charge < -0.3 is 33.7 Å². The Kier molecular flexibility index (Phi) is 49.8. The van der Waals surface area contributed by atoms with Crippen molar-refractivity contribution in [1.82, 2.24) is 38.2 Å². The Hall–Kier alpha value is -9.44. The molecule has 16 nitrogen and oxygen atoms in total. The summed E-state index contributed by atoms with van der Waals surface area (Å²) >= 11 is 0. The number of cyclic esters (lactones) is 1. The Morgan fingerprint density at radius 2 is 0.724 bits per heavy atom. The maximum Gasteiger partial charge on any atom is 0.419 e. The van der Waals surface area contributed by atoms with Gasteiger partial charge in [0.2, 0.25) is 11.8 Å². The molecule has 4 aliphatic heterocycles. The molecular formula is C100H154N8O8. The van der Waals surface area contributed by atoms with Crippen molar-refractivity contribution < 1.29 is 28.3 Å². The highest BCUT2D eigenvalue weighted by atomic mass is 16.6. The van der Waals surface area contributed by atoms with Crippen molar-refractivity contribution in [3.63, 3.8) is 0 Å². The quantitative estimate of drug-likeness (QED) is 0.117. The molecule has 4 aliphatic rings. The molecule has 0 saturated carbocycles. The first kappa shape index (κ1) is 105. The number of hydrogen-bond donors (Lipinski definition) is 0. The summed E-state index contributed by atoms with van der Waals surface area (Å²) in [5.41, 5.74) is 8.82.